The molecule has 0 aliphatic rings. The number of hydrogen-bond acceptors (Lipinski definition) is 2. The first-order valence-electron chi connectivity index (χ1n) is 6.05. The van der Waals surface area contributed by atoms with Gasteiger partial charge in [0, 0.05) is 18.2 Å². The second-order valence-electron chi connectivity index (χ2n) is 4.41. The summed E-state index contributed by atoms with van der Waals surface area (Å²) < 4.78 is 36.0. The van der Waals surface area contributed by atoms with Gasteiger partial charge in [0.15, 0.2) is 0 Å². The number of aryl methyl sites for hydroxylation is 1. The van der Waals surface area contributed by atoms with Gasteiger partial charge >= 0.3 is 12.1 Å². The van der Waals surface area contributed by atoms with E-state index in [1.54, 1.807) is 19.1 Å². The van der Waals surface area contributed by atoms with E-state index >= 15 is 0 Å². The average molecular weight is 301 g/mol. The van der Waals surface area contributed by atoms with E-state index < -0.39 is 30.9 Å². The van der Waals surface area contributed by atoms with Crippen molar-refractivity contribution in [2.45, 2.75) is 25.9 Å². The first kappa shape index (κ1) is 16.7. The summed E-state index contributed by atoms with van der Waals surface area (Å²) in [7, 11) is 0. The minimum Gasteiger partial charge on any atom is -0.478 e. The molecule has 2 N–H and O–H groups in total. The van der Waals surface area contributed by atoms with Crippen LogP contribution in [-0.2, 0) is 9.59 Å². The first-order chi connectivity index (χ1) is 9.67. The van der Waals surface area contributed by atoms with Crippen LogP contribution in [-0.4, -0.2) is 23.2 Å². The molecular weight excluding hydrogens is 287 g/mol. The molecule has 0 saturated carbocycles. The molecule has 0 atom stereocenters. The van der Waals surface area contributed by atoms with E-state index in [1.807, 2.05) is 0 Å². The van der Waals surface area contributed by atoms with Crippen LogP contribution in [0.3, 0.4) is 0 Å². The predicted molar refractivity (Wildman–Crippen MR) is 71.8 cm³/mol. The molecule has 0 bridgehead atoms. The number of hydrogen-bond donors (Lipinski definition) is 2. The highest BCUT2D eigenvalue weighted by Gasteiger charge is 2.27. The van der Waals surface area contributed by atoms with Gasteiger partial charge in [-0.1, -0.05) is 6.07 Å². The molecule has 0 radical (unpaired) electrons. The Balaban J connectivity index is 2.74. The van der Waals surface area contributed by atoms with Crippen molar-refractivity contribution in [1.82, 2.24) is 0 Å². The molecule has 7 heteroatoms. The Morgan fingerprint density at radius 3 is 2.57 bits per heavy atom. The van der Waals surface area contributed by atoms with Crippen LogP contribution < -0.4 is 5.32 Å². The minimum absolute atomic E-state index is 0.317. The van der Waals surface area contributed by atoms with Gasteiger partial charge in [0.1, 0.15) is 0 Å². The largest absolute Gasteiger partial charge is 0.478 e. The molecule has 0 aromatic heterocycles. The van der Waals surface area contributed by atoms with E-state index in [0.29, 0.717) is 11.3 Å². The standard InChI is InChI=1S/C14H14F3NO3/c1-9-2-4-11(8-10(9)3-5-13(20)21)18-12(19)6-7-14(15,16)17/h2-5,8H,6-7H2,1H3,(H,18,19)(H,20,21). The summed E-state index contributed by atoms with van der Waals surface area (Å²) in [6.07, 6.45) is -3.92. The number of rotatable bonds is 5. The minimum atomic E-state index is -4.37. The van der Waals surface area contributed by atoms with Crippen molar-refractivity contribution in [2.24, 2.45) is 0 Å². The number of benzene rings is 1. The van der Waals surface area contributed by atoms with Crippen molar-refractivity contribution < 1.29 is 27.9 Å². The van der Waals surface area contributed by atoms with E-state index in [9.17, 15) is 22.8 Å². The maximum Gasteiger partial charge on any atom is 0.389 e. The maximum atomic E-state index is 12.0. The zero-order chi connectivity index (χ0) is 16.0. The summed E-state index contributed by atoms with van der Waals surface area (Å²) in [6.45, 7) is 1.75. The highest BCUT2D eigenvalue weighted by Crippen LogP contribution is 2.22. The Bertz CT molecular complexity index is 565. The summed E-state index contributed by atoms with van der Waals surface area (Å²) in [5.74, 6) is -1.86. The molecule has 114 valence electrons. The molecule has 0 spiro atoms. The van der Waals surface area contributed by atoms with E-state index in [1.165, 1.54) is 12.1 Å². The Kier molecular flexibility index (Phi) is 5.52. The van der Waals surface area contributed by atoms with E-state index in [-0.39, 0.29) is 0 Å². The molecule has 0 fully saturated rings. The van der Waals surface area contributed by atoms with Crippen LogP contribution in [0.2, 0.25) is 0 Å². The van der Waals surface area contributed by atoms with Gasteiger partial charge in [-0.2, -0.15) is 13.2 Å². The monoisotopic (exact) mass is 301 g/mol. The van der Waals surface area contributed by atoms with Crippen LogP contribution in [0.4, 0.5) is 18.9 Å². The second kappa shape index (κ2) is 6.92. The van der Waals surface area contributed by atoms with Gasteiger partial charge < -0.3 is 10.4 Å². The zero-order valence-corrected chi connectivity index (χ0v) is 11.2. The number of amides is 1. The SMILES string of the molecule is Cc1ccc(NC(=O)CCC(F)(F)F)cc1C=CC(=O)O. The lowest BCUT2D eigenvalue weighted by Gasteiger charge is -2.09. The zero-order valence-electron chi connectivity index (χ0n) is 11.2. The molecule has 21 heavy (non-hydrogen) atoms. The molecule has 0 heterocycles. The third-order valence-electron chi connectivity index (χ3n) is 2.60. The lowest BCUT2D eigenvalue weighted by molar-refractivity contribution is -0.142. The normalized spacial score (nSPS) is 11.6. The number of carbonyl (C=O) groups excluding carboxylic acids is 1. The van der Waals surface area contributed by atoms with Gasteiger partial charge in [-0.25, -0.2) is 4.79 Å². The molecule has 1 rings (SSSR count). The highest BCUT2D eigenvalue weighted by atomic mass is 19.4. The summed E-state index contributed by atoms with van der Waals surface area (Å²) in [6, 6.07) is 4.68. The van der Waals surface area contributed by atoms with Crippen molar-refractivity contribution in [1.29, 1.82) is 0 Å². The van der Waals surface area contributed by atoms with Crippen LogP contribution in [0.15, 0.2) is 24.3 Å². The number of nitrogens with one attached hydrogen (secondary N) is 1. The number of carboxylic acids is 1. The Morgan fingerprint density at radius 2 is 2.00 bits per heavy atom. The van der Waals surface area contributed by atoms with Gasteiger partial charge in [0.2, 0.25) is 5.91 Å². The molecule has 0 aliphatic heterocycles. The average Bonchev–Trinajstić information content (AvgIpc) is 2.36. The fourth-order valence-electron chi connectivity index (χ4n) is 1.54. The van der Waals surface area contributed by atoms with Crippen molar-refractivity contribution in [3.8, 4) is 0 Å². The third-order valence-corrected chi connectivity index (χ3v) is 2.60. The third kappa shape index (κ3) is 6.60. The molecule has 0 unspecified atom stereocenters. The number of carbonyl (C=O) groups is 2. The number of carboxylic acid groups (broad SMARTS) is 1. The maximum absolute atomic E-state index is 12.0. The van der Waals surface area contributed by atoms with Crippen molar-refractivity contribution in [3.63, 3.8) is 0 Å². The first-order valence-corrected chi connectivity index (χ1v) is 6.05. The summed E-state index contributed by atoms with van der Waals surface area (Å²) in [5, 5.41) is 10.9. The quantitative estimate of drug-likeness (QED) is 0.819. The number of anilines is 1. The second-order valence-corrected chi connectivity index (χ2v) is 4.41. The van der Waals surface area contributed by atoms with Crippen LogP contribution in [0.1, 0.15) is 24.0 Å². The van der Waals surface area contributed by atoms with Gasteiger partial charge in [0.25, 0.3) is 0 Å². The highest BCUT2D eigenvalue weighted by molar-refractivity contribution is 5.91. The van der Waals surface area contributed by atoms with Gasteiger partial charge in [-0.15, -0.1) is 0 Å². The molecule has 1 aromatic rings. The molecule has 1 amide bonds. The van der Waals surface area contributed by atoms with Crippen molar-refractivity contribution in [2.75, 3.05) is 5.32 Å². The van der Waals surface area contributed by atoms with Gasteiger partial charge in [0.05, 0.1) is 6.42 Å². The molecule has 4 nitrogen and oxygen atoms in total. The Morgan fingerprint density at radius 1 is 1.33 bits per heavy atom. The molecular formula is C14H14F3NO3. The Hall–Kier alpha value is -2.31. The van der Waals surface area contributed by atoms with Crippen molar-refractivity contribution in [3.05, 3.63) is 35.4 Å². The lowest BCUT2D eigenvalue weighted by Crippen LogP contribution is -2.16. The summed E-state index contributed by atoms with van der Waals surface area (Å²) >= 11 is 0. The van der Waals surface area contributed by atoms with Crippen LogP contribution in [0.5, 0.6) is 0 Å². The molecule has 1 aromatic carbocycles. The molecule has 0 saturated heterocycles. The van der Waals surface area contributed by atoms with Gasteiger partial charge in [-0.3, -0.25) is 4.79 Å². The fraction of sp³-hybridized carbons (Fsp3) is 0.286. The fourth-order valence-corrected chi connectivity index (χ4v) is 1.54. The topological polar surface area (TPSA) is 66.4 Å². The number of aliphatic carboxylic acids is 1. The van der Waals surface area contributed by atoms with Crippen molar-refractivity contribution >= 4 is 23.6 Å². The van der Waals surface area contributed by atoms with E-state index in [4.69, 9.17) is 5.11 Å². The number of alkyl halides is 3. The van der Waals surface area contributed by atoms with E-state index in [0.717, 1.165) is 11.6 Å². The smallest absolute Gasteiger partial charge is 0.389 e. The number of halogens is 3. The van der Waals surface area contributed by atoms with Crippen LogP contribution in [0.25, 0.3) is 6.08 Å². The Labute approximate surface area is 119 Å². The summed E-state index contributed by atoms with van der Waals surface area (Å²) in [4.78, 5) is 21.9. The van der Waals surface area contributed by atoms with E-state index in [2.05, 4.69) is 5.32 Å². The lowest BCUT2D eigenvalue weighted by atomic mass is 10.1. The molecule has 0 aliphatic carbocycles. The van der Waals surface area contributed by atoms with Crippen LogP contribution in [0, 0.1) is 6.92 Å². The van der Waals surface area contributed by atoms with Crippen LogP contribution >= 0.6 is 0 Å². The predicted octanol–water partition coefficient (Wildman–Crippen LogP) is 3.37. The summed E-state index contributed by atoms with van der Waals surface area (Å²) in [5.41, 5.74) is 1.66. The van der Waals surface area contributed by atoms with Gasteiger partial charge in [-0.05, 0) is 36.3 Å².